The van der Waals surface area contributed by atoms with Crippen molar-refractivity contribution in [1.82, 2.24) is 0 Å². The van der Waals surface area contributed by atoms with Crippen molar-refractivity contribution in [3.8, 4) is 6.07 Å². The van der Waals surface area contributed by atoms with Crippen LogP contribution >= 0.6 is 11.3 Å². The fourth-order valence-electron chi connectivity index (χ4n) is 2.41. The lowest BCUT2D eigenvalue weighted by atomic mass is 10.0. The van der Waals surface area contributed by atoms with E-state index in [9.17, 15) is 10.1 Å². The monoisotopic (exact) mass is 291 g/mol. The summed E-state index contributed by atoms with van der Waals surface area (Å²) in [5, 5.41) is 13.0. The van der Waals surface area contributed by atoms with Crippen molar-refractivity contribution in [3.63, 3.8) is 0 Å². The number of carbonyl (C=O) groups excluding carboxylic acids is 1. The van der Waals surface area contributed by atoms with E-state index < -0.39 is 0 Å². The van der Waals surface area contributed by atoms with Gasteiger partial charge in [-0.25, -0.2) is 0 Å². The number of nitrogens with zero attached hydrogens (tertiary/aromatic N) is 1. The molecule has 0 aliphatic heterocycles. The quantitative estimate of drug-likeness (QED) is 0.840. The average Bonchev–Trinajstić information content (AvgIpc) is 2.59. The summed E-state index contributed by atoms with van der Waals surface area (Å²) in [6.45, 7) is 3.63. The number of carbonyl (C=O) groups is 1. The molecule has 0 aromatic carbocycles. The van der Waals surface area contributed by atoms with Gasteiger partial charge in [0.15, 0.2) is 0 Å². The predicted octanol–water partition coefficient (Wildman–Crippen LogP) is 2.81. The van der Waals surface area contributed by atoms with Gasteiger partial charge in [-0.05, 0) is 38.2 Å². The molecule has 1 aliphatic rings. The third-order valence-corrected chi connectivity index (χ3v) is 5.18. The number of hydrogen-bond donors (Lipinski definition) is 2. The van der Waals surface area contributed by atoms with Gasteiger partial charge in [0.05, 0.1) is 11.5 Å². The highest BCUT2D eigenvalue weighted by Crippen LogP contribution is 2.37. The Morgan fingerprint density at radius 3 is 2.70 bits per heavy atom. The predicted molar refractivity (Wildman–Crippen MR) is 81.7 cm³/mol. The summed E-state index contributed by atoms with van der Waals surface area (Å²) in [5.41, 5.74) is 7.57. The van der Waals surface area contributed by atoms with Gasteiger partial charge in [0.2, 0.25) is 5.91 Å². The Morgan fingerprint density at radius 1 is 1.35 bits per heavy atom. The summed E-state index contributed by atoms with van der Waals surface area (Å²) in [6.07, 6.45) is 5.49. The zero-order valence-corrected chi connectivity index (χ0v) is 12.8. The van der Waals surface area contributed by atoms with E-state index in [0.717, 1.165) is 24.8 Å². The Balaban J connectivity index is 2.25. The third kappa shape index (κ3) is 3.02. The number of nitriles is 1. The van der Waals surface area contributed by atoms with Crippen LogP contribution in [0.2, 0.25) is 0 Å². The number of aryl methyl sites for hydroxylation is 1. The topological polar surface area (TPSA) is 78.9 Å². The second-order valence-electron chi connectivity index (χ2n) is 5.52. The van der Waals surface area contributed by atoms with Crippen molar-refractivity contribution in [2.75, 3.05) is 5.32 Å². The molecule has 2 atom stereocenters. The molecule has 1 aromatic rings. The van der Waals surface area contributed by atoms with Gasteiger partial charge < -0.3 is 11.1 Å². The second kappa shape index (κ2) is 6.38. The van der Waals surface area contributed by atoms with Gasteiger partial charge in [-0.2, -0.15) is 5.26 Å². The van der Waals surface area contributed by atoms with Crippen LogP contribution in [0.1, 0.15) is 49.1 Å². The molecule has 1 heterocycles. The number of rotatable bonds is 3. The number of nitrogens with one attached hydrogen (secondary N) is 1. The maximum atomic E-state index is 12.1. The fraction of sp³-hybridized carbons (Fsp3) is 0.600. The van der Waals surface area contributed by atoms with E-state index in [0.29, 0.717) is 10.6 Å². The molecular weight excluding hydrogens is 270 g/mol. The number of anilines is 1. The second-order valence-corrected chi connectivity index (χ2v) is 6.62. The summed E-state index contributed by atoms with van der Waals surface area (Å²) in [7, 11) is 0. The zero-order valence-electron chi connectivity index (χ0n) is 12.0. The molecule has 5 heteroatoms. The summed E-state index contributed by atoms with van der Waals surface area (Å²) in [5.74, 6) is -0.364. The van der Waals surface area contributed by atoms with E-state index in [1.807, 2.05) is 13.8 Å². The first kappa shape index (κ1) is 15.0. The molecular formula is C15H21N3OS. The normalized spacial score (nSPS) is 17.5. The number of fused-ring (bicyclic) bond motifs is 1. The number of amides is 1. The highest BCUT2D eigenvalue weighted by atomic mass is 32.1. The molecule has 1 aliphatic carbocycles. The molecule has 0 fully saturated rings. The van der Waals surface area contributed by atoms with Gasteiger partial charge >= 0.3 is 0 Å². The number of nitrogens with two attached hydrogens (primary N) is 1. The van der Waals surface area contributed by atoms with Crippen molar-refractivity contribution in [2.45, 2.75) is 52.0 Å². The van der Waals surface area contributed by atoms with E-state index in [4.69, 9.17) is 5.73 Å². The highest BCUT2D eigenvalue weighted by Gasteiger charge is 2.23. The van der Waals surface area contributed by atoms with Crippen LogP contribution < -0.4 is 11.1 Å². The average molecular weight is 291 g/mol. The Hall–Kier alpha value is -1.38. The van der Waals surface area contributed by atoms with E-state index in [1.165, 1.54) is 17.7 Å². The molecule has 3 N–H and O–H groups in total. The molecule has 0 saturated carbocycles. The molecule has 20 heavy (non-hydrogen) atoms. The Morgan fingerprint density at radius 2 is 2.05 bits per heavy atom. The molecule has 0 bridgehead atoms. The van der Waals surface area contributed by atoms with Crippen LogP contribution in [-0.4, -0.2) is 11.9 Å². The first-order valence-electron chi connectivity index (χ1n) is 7.15. The lowest BCUT2D eigenvalue weighted by Crippen LogP contribution is -2.34. The maximum absolute atomic E-state index is 12.1. The molecule has 2 rings (SSSR count). The Bertz CT molecular complexity index is 542. The molecule has 2 unspecified atom stereocenters. The van der Waals surface area contributed by atoms with Crippen molar-refractivity contribution < 1.29 is 4.79 Å². The third-order valence-electron chi connectivity index (χ3n) is 3.97. The van der Waals surface area contributed by atoms with Crippen molar-refractivity contribution in [3.05, 3.63) is 16.0 Å². The Labute approximate surface area is 124 Å². The van der Waals surface area contributed by atoms with Crippen molar-refractivity contribution in [2.24, 2.45) is 11.7 Å². The summed E-state index contributed by atoms with van der Waals surface area (Å²) in [6, 6.07) is 2.07. The highest BCUT2D eigenvalue weighted by molar-refractivity contribution is 7.16. The summed E-state index contributed by atoms with van der Waals surface area (Å²) >= 11 is 1.56. The van der Waals surface area contributed by atoms with Crippen LogP contribution in [0.3, 0.4) is 0 Å². The number of hydrogen-bond acceptors (Lipinski definition) is 4. The summed E-state index contributed by atoms with van der Waals surface area (Å²) in [4.78, 5) is 13.4. The molecule has 108 valence electrons. The van der Waals surface area contributed by atoms with Gasteiger partial charge in [0, 0.05) is 10.9 Å². The van der Waals surface area contributed by atoms with Crippen LogP contribution in [-0.2, 0) is 17.6 Å². The van der Waals surface area contributed by atoms with Crippen LogP contribution in [0, 0.1) is 17.2 Å². The molecule has 0 radical (unpaired) electrons. The smallest absolute Gasteiger partial charge is 0.229 e. The van der Waals surface area contributed by atoms with Crippen LogP contribution in [0.5, 0.6) is 0 Å². The van der Waals surface area contributed by atoms with E-state index in [1.54, 1.807) is 11.3 Å². The SMILES string of the molecule is CC(N)C(C)C(=O)Nc1sc2c(c1C#N)CCCCC2. The van der Waals surface area contributed by atoms with E-state index >= 15 is 0 Å². The number of thiophene rings is 1. The molecule has 4 nitrogen and oxygen atoms in total. The fourth-order valence-corrected chi connectivity index (χ4v) is 3.66. The van der Waals surface area contributed by atoms with Gasteiger partial charge in [-0.15, -0.1) is 11.3 Å². The molecule has 0 saturated heterocycles. The maximum Gasteiger partial charge on any atom is 0.229 e. The van der Waals surface area contributed by atoms with Gasteiger partial charge in [-0.1, -0.05) is 13.3 Å². The van der Waals surface area contributed by atoms with E-state index in [-0.39, 0.29) is 17.9 Å². The standard InChI is InChI=1S/C15H21N3OS/c1-9(10(2)17)14(19)18-15-12(8-16)11-6-4-3-5-7-13(11)20-15/h9-10H,3-7,17H2,1-2H3,(H,18,19). The first-order valence-corrected chi connectivity index (χ1v) is 7.97. The van der Waals surface area contributed by atoms with Gasteiger partial charge in [-0.3, -0.25) is 4.79 Å². The van der Waals surface area contributed by atoms with Crippen LogP contribution in [0.25, 0.3) is 0 Å². The minimum atomic E-state index is -0.261. The Kier molecular flexibility index (Phi) is 4.79. The first-order chi connectivity index (χ1) is 9.54. The van der Waals surface area contributed by atoms with Crippen molar-refractivity contribution >= 4 is 22.2 Å². The molecule has 1 amide bonds. The lowest BCUT2D eigenvalue weighted by molar-refractivity contribution is -0.119. The minimum Gasteiger partial charge on any atom is -0.327 e. The zero-order chi connectivity index (χ0) is 14.7. The molecule has 0 spiro atoms. The van der Waals surface area contributed by atoms with Crippen LogP contribution in [0.15, 0.2) is 0 Å². The van der Waals surface area contributed by atoms with Crippen LogP contribution in [0.4, 0.5) is 5.00 Å². The minimum absolute atomic E-state index is 0.104. The van der Waals surface area contributed by atoms with Gasteiger partial charge in [0.1, 0.15) is 11.1 Å². The molecule has 1 aromatic heterocycles. The summed E-state index contributed by atoms with van der Waals surface area (Å²) < 4.78 is 0. The van der Waals surface area contributed by atoms with Crippen molar-refractivity contribution in [1.29, 1.82) is 5.26 Å². The lowest BCUT2D eigenvalue weighted by Gasteiger charge is -2.14. The largest absolute Gasteiger partial charge is 0.327 e. The van der Waals surface area contributed by atoms with E-state index in [2.05, 4.69) is 11.4 Å². The van der Waals surface area contributed by atoms with Gasteiger partial charge in [0.25, 0.3) is 0 Å².